The van der Waals surface area contributed by atoms with Crippen molar-refractivity contribution in [2.75, 3.05) is 79.3 Å². The Morgan fingerprint density at radius 2 is 0.574 bits per heavy atom. The second-order valence-electron chi connectivity index (χ2n) is 30.4. The molecule has 32 heteroatoms. The average Bonchev–Trinajstić information content (AvgIpc) is 0.827. The van der Waals surface area contributed by atoms with E-state index in [9.17, 15) is 97.4 Å². The van der Waals surface area contributed by atoms with Gasteiger partial charge in [-0.25, -0.2) is 4.57 Å². The molecule has 0 aromatic carbocycles. The van der Waals surface area contributed by atoms with Gasteiger partial charge in [0, 0.05) is 12.8 Å². The number of phosphoric ester groups is 1. The maximum Gasteiger partial charge on any atom is 0.469 e. The maximum atomic E-state index is 14.8. The lowest BCUT2D eigenvalue weighted by Gasteiger charge is -2.38. The van der Waals surface area contributed by atoms with Gasteiger partial charge in [0.05, 0.1) is 103 Å². The Balaban J connectivity index is 1.52. The molecule has 0 aliphatic heterocycles. The standard InChI is InChI=1S/C76H121O31P/c1-3-5-7-9-11-13-15-37-63(79)98-41-51(39-77)106-73(92)61-35-25-23-33-59(61)71(90)103-48-76(50-105-108(94,95)96,49-104-72(91)60-34-24-26-36-62(60)74(93)107-52(40-78)42-99-64(80)38-16-14-12-10-8-6-4-2)44-97-43-75(45-100-68(87)56-30-20-17-27-53(56)65(81)82,46-101-69(88)57-31-21-18-28-54(57)66(83)84)47-102-70(89)58-32-22-19-29-55(58)67(85)86/h51-62,77-78H,3-50H2,1-2H3,(H,81,82)(H,83,84)(H,85,86)(H2,94,95,96). The second-order valence-corrected chi connectivity index (χ2v) is 31.6. The lowest BCUT2D eigenvalue weighted by Crippen LogP contribution is -2.49. The second kappa shape index (κ2) is 49.1. The van der Waals surface area contributed by atoms with Crippen LogP contribution in [0.4, 0.5) is 0 Å². The zero-order valence-corrected chi connectivity index (χ0v) is 64.1. The van der Waals surface area contributed by atoms with Gasteiger partial charge < -0.3 is 82.7 Å². The number of aliphatic hydroxyl groups is 2. The molecular weight excluding hydrogens is 1440 g/mol. The van der Waals surface area contributed by atoms with Crippen LogP contribution in [0.5, 0.6) is 0 Å². The van der Waals surface area contributed by atoms with Crippen LogP contribution in [0.3, 0.4) is 0 Å². The number of carbonyl (C=O) groups excluding carboxylic acids is 9. The fourth-order valence-electron chi connectivity index (χ4n) is 15.1. The zero-order chi connectivity index (χ0) is 79.1. The third-order valence-corrected chi connectivity index (χ3v) is 22.1. The number of carbonyl (C=O) groups is 12. The number of esters is 9. The first-order valence-electron chi connectivity index (χ1n) is 39.4. The van der Waals surface area contributed by atoms with Crippen molar-refractivity contribution in [1.29, 1.82) is 0 Å². The minimum atomic E-state index is -5.61. The lowest BCUT2D eigenvalue weighted by molar-refractivity contribution is -0.184. The molecule has 12 atom stereocenters. The molecule has 0 heterocycles. The van der Waals surface area contributed by atoms with Gasteiger partial charge in [-0.2, -0.15) is 0 Å². The van der Waals surface area contributed by atoms with Gasteiger partial charge in [0.15, 0.2) is 12.2 Å². The number of unbranched alkanes of at least 4 members (excludes halogenated alkanes) is 12. The SMILES string of the molecule is CCCCCCCCCC(=O)OCC(CO)OC(=O)C1CCCCC1C(=O)OCC(COCC(COC(=O)C1CCCCC1C(=O)O)(COC(=O)C1CCCCC1C(=O)O)COC(=O)C1CCCCC1C(=O)O)(COC(=O)C1CCCCC1C(=O)OC(CO)COC(=O)CCCCCCCCC)COP(=O)(O)O. The molecule has 0 radical (unpaired) electrons. The first kappa shape index (κ1) is 92.2. The molecule has 0 aromatic heterocycles. The molecule has 5 aliphatic carbocycles. The summed E-state index contributed by atoms with van der Waals surface area (Å²) in [6, 6.07) is 0. The summed E-state index contributed by atoms with van der Waals surface area (Å²) in [5, 5.41) is 51.2. The van der Waals surface area contributed by atoms with Crippen LogP contribution in [0.25, 0.3) is 0 Å². The number of ether oxygens (including phenoxy) is 10. The summed E-state index contributed by atoms with van der Waals surface area (Å²) in [5.74, 6) is -24.5. The van der Waals surface area contributed by atoms with E-state index in [1.165, 1.54) is 0 Å². The van der Waals surface area contributed by atoms with Crippen LogP contribution in [0, 0.1) is 70.0 Å². The topological polar surface area (TPSA) is 465 Å². The summed E-state index contributed by atoms with van der Waals surface area (Å²) in [6.45, 7) is -6.30. The summed E-state index contributed by atoms with van der Waals surface area (Å²) in [4.78, 5) is 184. The molecule has 5 rings (SSSR count). The predicted octanol–water partition coefficient (Wildman–Crippen LogP) is 9.26. The van der Waals surface area contributed by atoms with Crippen LogP contribution in [-0.2, 0) is 114 Å². The zero-order valence-electron chi connectivity index (χ0n) is 63.2. The number of phosphoric acid groups is 1. The van der Waals surface area contributed by atoms with E-state index in [4.69, 9.17) is 51.9 Å². The minimum absolute atomic E-state index is 0.0141. The number of aliphatic carboxylic acids is 3. The number of carboxylic acid groups (broad SMARTS) is 3. The van der Waals surface area contributed by atoms with Crippen molar-refractivity contribution in [3.05, 3.63) is 0 Å². The highest BCUT2D eigenvalue weighted by Gasteiger charge is 2.48. The molecule has 108 heavy (non-hydrogen) atoms. The number of hydrogen-bond acceptors (Lipinski definition) is 26. The highest BCUT2D eigenvalue weighted by atomic mass is 31.2. The molecule has 0 amide bonds. The highest BCUT2D eigenvalue weighted by molar-refractivity contribution is 7.46. The van der Waals surface area contributed by atoms with E-state index < -0.39 is 241 Å². The monoisotopic (exact) mass is 1560 g/mol. The molecule has 5 saturated carbocycles. The van der Waals surface area contributed by atoms with Crippen molar-refractivity contribution in [2.45, 2.75) is 257 Å². The van der Waals surface area contributed by atoms with Gasteiger partial charge in [-0.15, -0.1) is 0 Å². The average molecular weight is 1560 g/mol. The van der Waals surface area contributed by atoms with Gasteiger partial charge in [0.25, 0.3) is 0 Å². The van der Waals surface area contributed by atoms with Gasteiger partial charge in [-0.05, 0) is 77.0 Å². The van der Waals surface area contributed by atoms with Crippen molar-refractivity contribution in [2.24, 2.45) is 70.0 Å². The van der Waals surface area contributed by atoms with E-state index in [1.807, 2.05) is 0 Å². The van der Waals surface area contributed by atoms with E-state index in [2.05, 4.69) is 13.8 Å². The lowest BCUT2D eigenvalue weighted by atomic mass is 9.79. The summed E-state index contributed by atoms with van der Waals surface area (Å²) in [5.41, 5.74) is -4.44. The van der Waals surface area contributed by atoms with Crippen LogP contribution >= 0.6 is 7.82 Å². The first-order valence-corrected chi connectivity index (χ1v) is 41.0. The molecule has 5 aliphatic rings. The Morgan fingerprint density at radius 1 is 0.333 bits per heavy atom. The summed E-state index contributed by atoms with van der Waals surface area (Å²) >= 11 is 0. The Bertz CT molecular complexity index is 2680. The molecule has 0 aromatic rings. The van der Waals surface area contributed by atoms with E-state index in [-0.39, 0.29) is 77.0 Å². The molecule has 0 saturated heterocycles. The molecule has 7 N–H and O–H groups in total. The third kappa shape index (κ3) is 32.1. The Hall–Kier alpha value is -6.37. The first-order chi connectivity index (χ1) is 51.7. The number of aliphatic hydroxyl groups excluding tert-OH is 2. The Kier molecular flexibility index (Phi) is 41.9. The van der Waals surface area contributed by atoms with Crippen LogP contribution in [0.1, 0.15) is 245 Å². The van der Waals surface area contributed by atoms with Crippen molar-refractivity contribution < 1.29 is 149 Å². The third-order valence-electron chi connectivity index (χ3n) is 21.7. The van der Waals surface area contributed by atoms with E-state index >= 15 is 0 Å². The fraction of sp³-hybridized carbons (Fsp3) is 0.842. The van der Waals surface area contributed by atoms with Crippen molar-refractivity contribution in [1.82, 2.24) is 0 Å². The van der Waals surface area contributed by atoms with Crippen LogP contribution < -0.4 is 0 Å². The molecule has 31 nitrogen and oxygen atoms in total. The minimum Gasteiger partial charge on any atom is -0.481 e. The Morgan fingerprint density at radius 3 is 0.833 bits per heavy atom. The van der Waals surface area contributed by atoms with Crippen LogP contribution in [-0.4, -0.2) is 198 Å². The van der Waals surface area contributed by atoms with Crippen LogP contribution in [0.2, 0.25) is 0 Å². The largest absolute Gasteiger partial charge is 0.481 e. The van der Waals surface area contributed by atoms with Crippen molar-refractivity contribution >= 4 is 79.5 Å². The predicted molar refractivity (Wildman–Crippen MR) is 380 cm³/mol. The van der Waals surface area contributed by atoms with Gasteiger partial charge in [-0.3, -0.25) is 62.1 Å². The molecular formula is C76H121O31P. The van der Waals surface area contributed by atoms with Crippen molar-refractivity contribution in [3.8, 4) is 0 Å². The van der Waals surface area contributed by atoms with Gasteiger partial charge in [0.2, 0.25) is 0 Å². The highest BCUT2D eigenvalue weighted by Crippen LogP contribution is 2.42. The normalized spacial score (nSPS) is 24.1. The summed E-state index contributed by atoms with van der Waals surface area (Å²) < 4.78 is 76.3. The smallest absolute Gasteiger partial charge is 0.469 e. The number of rotatable bonds is 51. The molecule has 0 spiro atoms. The van der Waals surface area contributed by atoms with Crippen molar-refractivity contribution in [3.63, 3.8) is 0 Å². The maximum absolute atomic E-state index is 14.8. The van der Waals surface area contributed by atoms with Gasteiger partial charge in [-0.1, -0.05) is 155 Å². The summed E-state index contributed by atoms with van der Waals surface area (Å²) in [7, 11) is -5.61. The van der Waals surface area contributed by atoms with E-state index in [0.29, 0.717) is 77.0 Å². The van der Waals surface area contributed by atoms with Gasteiger partial charge in [0.1, 0.15) is 46.2 Å². The van der Waals surface area contributed by atoms with E-state index in [1.54, 1.807) is 0 Å². The van der Waals surface area contributed by atoms with Gasteiger partial charge >= 0.3 is 79.5 Å². The number of hydrogen-bond donors (Lipinski definition) is 7. The Labute approximate surface area is 632 Å². The molecule has 5 fully saturated rings. The molecule has 616 valence electrons. The fourth-order valence-corrected chi connectivity index (χ4v) is 15.5. The molecule has 0 bridgehead atoms. The number of carboxylic acids is 3. The van der Waals surface area contributed by atoms with Crippen LogP contribution in [0.15, 0.2) is 0 Å². The quantitative estimate of drug-likeness (QED) is 0.0129. The van der Waals surface area contributed by atoms with E-state index in [0.717, 1.165) is 77.0 Å². The summed E-state index contributed by atoms with van der Waals surface area (Å²) in [6.07, 6.45) is 15.7. The molecule has 12 unspecified atom stereocenters.